The Morgan fingerprint density at radius 3 is 2.40 bits per heavy atom. The molecule has 0 N–H and O–H groups in total. The summed E-state index contributed by atoms with van der Waals surface area (Å²) < 4.78 is 6.09. The van der Waals surface area contributed by atoms with Crippen molar-refractivity contribution in [3.8, 4) is 0 Å². The molecule has 2 saturated heterocycles. The summed E-state index contributed by atoms with van der Waals surface area (Å²) in [5.41, 5.74) is 1.31. The molecule has 2 heterocycles. The van der Waals surface area contributed by atoms with E-state index in [4.69, 9.17) is 4.74 Å². The first-order chi connectivity index (χ1) is 12.3. The molecule has 0 spiro atoms. The maximum absolute atomic E-state index is 13.0. The molecule has 3 heteroatoms. The van der Waals surface area contributed by atoms with E-state index in [1.807, 2.05) is 0 Å². The molecule has 1 saturated carbocycles. The highest BCUT2D eigenvalue weighted by Gasteiger charge is 2.42. The monoisotopic (exact) mass is 341 g/mol. The van der Waals surface area contributed by atoms with Gasteiger partial charge in [-0.3, -0.25) is 9.69 Å². The number of piperidine rings is 1. The average molecular weight is 341 g/mol. The summed E-state index contributed by atoms with van der Waals surface area (Å²) >= 11 is 0. The van der Waals surface area contributed by atoms with Gasteiger partial charge in [-0.05, 0) is 43.7 Å². The van der Waals surface area contributed by atoms with Crippen molar-refractivity contribution in [2.24, 2.45) is 5.92 Å². The van der Waals surface area contributed by atoms with Crippen LogP contribution in [0.5, 0.6) is 0 Å². The summed E-state index contributed by atoms with van der Waals surface area (Å²) in [7, 11) is 0. The van der Waals surface area contributed by atoms with Crippen LogP contribution in [-0.4, -0.2) is 35.6 Å². The second-order valence-corrected chi connectivity index (χ2v) is 8.15. The van der Waals surface area contributed by atoms with E-state index in [-0.39, 0.29) is 18.0 Å². The molecule has 0 radical (unpaired) electrons. The van der Waals surface area contributed by atoms with Gasteiger partial charge >= 0.3 is 5.97 Å². The van der Waals surface area contributed by atoms with Gasteiger partial charge in [0.05, 0.1) is 5.92 Å². The Balaban J connectivity index is 1.42. The summed E-state index contributed by atoms with van der Waals surface area (Å²) in [6.45, 7) is 3.39. The molecule has 5 atom stereocenters. The van der Waals surface area contributed by atoms with Crippen molar-refractivity contribution in [3.05, 3.63) is 35.9 Å². The number of nitrogens with zero attached hydrogens (tertiary/aromatic N) is 1. The lowest BCUT2D eigenvalue weighted by atomic mass is 9.75. The Labute approximate surface area is 151 Å². The smallest absolute Gasteiger partial charge is 0.309 e. The summed E-state index contributed by atoms with van der Waals surface area (Å²) in [5.74, 6) is 0.468. The third kappa shape index (κ3) is 3.48. The van der Waals surface area contributed by atoms with Gasteiger partial charge in [-0.2, -0.15) is 0 Å². The van der Waals surface area contributed by atoms with E-state index < -0.39 is 0 Å². The van der Waals surface area contributed by atoms with Crippen molar-refractivity contribution in [2.75, 3.05) is 6.54 Å². The van der Waals surface area contributed by atoms with Crippen molar-refractivity contribution in [3.63, 3.8) is 0 Å². The fraction of sp³-hybridized carbons (Fsp3) is 0.682. The third-order valence-electron chi connectivity index (χ3n) is 6.79. The van der Waals surface area contributed by atoms with E-state index in [9.17, 15) is 4.79 Å². The SMILES string of the molecule is CCN1[C@@H]2CC[C@H]1CC(OC(=O)C1CCCCC1c1ccccc1)C2. The molecule has 0 aromatic heterocycles. The second-order valence-electron chi connectivity index (χ2n) is 8.15. The lowest BCUT2D eigenvalue weighted by Crippen LogP contribution is -2.46. The number of carbonyl (C=O) groups is 1. The van der Waals surface area contributed by atoms with Crippen LogP contribution in [0.3, 0.4) is 0 Å². The van der Waals surface area contributed by atoms with Gasteiger partial charge in [0.1, 0.15) is 6.10 Å². The van der Waals surface area contributed by atoms with E-state index in [0.29, 0.717) is 18.0 Å². The second kappa shape index (κ2) is 7.49. The summed E-state index contributed by atoms with van der Waals surface area (Å²) in [6.07, 6.45) is 9.27. The largest absolute Gasteiger partial charge is 0.462 e. The maximum atomic E-state index is 13.0. The predicted molar refractivity (Wildman–Crippen MR) is 99.4 cm³/mol. The van der Waals surface area contributed by atoms with Gasteiger partial charge in [-0.25, -0.2) is 0 Å². The van der Waals surface area contributed by atoms with Crippen LogP contribution in [0.2, 0.25) is 0 Å². The topological polar surface area (TPSA) is 29.5 Å². The molecular formula is C22H31NO2. The predicted octanol–water partition coefficient (Wildman–Crippen LogP) is 4.52. The number of hydrogen-bond acceptors (Lipinski definition) is 3. The molecular weight excluding hydrogens is 310 g/mol. The first-order valence-electron chi connectivity index (χ1n) is 10.3. The van der Waals surface area contributed by atoms with Crippen LogP contribution in [-0.2, 0) is 9.53 Å². The molecule has 1 aromatic carbocycles. The van der Waals surface area contributed by atoms with E-state index in [1.165, 1.54) is 24.8 Å². The molecule has 3 unspecified atom stereocenters. The fourth-order valence-electron chi connectivity index (χ4n) is 5.60. The average Bonchev–Trinajstić information content (AvgIpc) is 2.91. The lowest BCUT2D eigenvalue weighted by Gasteiger charge is -2.39. The number of hydrogen-bond donors (Lipinski definition) is 0. The minimum atomic E-state index is 0.0537. The lowest BCUT2D eigenvalue weighted by molar-refractivity contribution is -0.159. The molecule has 4 rings (SSSR count). The minimum Gasteiger partial charge on any atom is -0.462 e. The van der Waals surface area contributed by atoms with Gasteiger partial charge in [-0.15, -0.1) is 0 Å². The number of rotatable bonds is 4. The van der Waals surface area contributed by atoms with Crippen molar-refractivity contribution < 1.29 is 9.53 Å². The molecule has 1 aromatic rings. The van der Waals surface area contributed by atoms with Crippen molar-refractivity contribution in [1.29, 1.82) is 0 Å². The maximum Gasteiger partial charge on any atom is 0.309 e. The van der Waals surface area contributed by atoms with E-state index in [0.717, 1.165) is 38.6 Å². The Morgan fingerprint density at radius 1 is 1.04 bits per heavy atom. The number of fused-ring (bicyclic) bond motifs is 2. The molecule has 0 amide bonds. The third-order valence-corrected chi connectivity index (χ3v) is 6.79. The van der Waals surface area contributed by atoms with E-state index >= 15 is 0 Å². The molecule has 25 heavy (non-hydrogen) atoms. The molecule has 3 fully saturated rings. The number of carbonyl (C=O) groups excluding carboxylic acids is 1. The standard InChI is InChI=1S/C22H31NO2/c1-2-23-17-12-13-18(23)15-19(14-17)25-22(24)21-11-7-6-10-20(21)16-8-4-3-5-9-16/h3-5,8-9,17-21H,2,6-7,10-15H2,1H3/t17-,18+,19?,20?,21?. The normalized spacial score (nSPS) is 35.5. The van der Waals surface area contributed by atoms with Gasteiger partial charge in [-0.1, -0.05) is 50.1 Å². The van der Waals surface area contributed by atoms with Crippen LogP contribution >= 0.6 is 0 Å². The van der Waals surface area contributed by atoms with E-state index in [2.05, 4.69) is 42.2 Å². The summed E-state index contributed by atoms with van der Waals surface area (Å²) in [5, 5.41) is 0. The first-order valence-corrected chi connectivity index (χ1v) is 10.3. The van der Waals surface area contributed by atoms with Gasteiger partial charge in [0.25, 0.3) is 0 Å². The van der Waals surface area contributed by atoms with Gasteiger partial charge in [0.2, 0.25) is 0 Å². The van der Waals surface area contributed by atoms with Crippen LogP contribution in [0, 0.1) is 5.92 Å². The zero-order chi connectivity index (χ0) is 17.2. The Hall–Kier alpha value is -1.35. The summed E-state index contributed by atoms with van der Waals surface area (Å²) in [6, 6.07) is 11.9. The van der Waals surface area contributed by atoms with Crippen LogP contribution in [0.15, 0.2) is 30.3 Å². The summed E-state index contributed by atoms with van der Waals surface area (Å²) in [4.78, 5) is 15.6. The Morgan fingerprint density at radius 2 is 1.72 bits per heavy atom. The zero-order valence-corrected chi connectivity index (χ0v) is 15.4. The van der Waals surface area contributed by atoms with Crippen molar-refractivity contribution >= 4 is 5.97 Å². The molecule has 3 aliphatic rings. The Bertz CT molecular complexity index is 573. The number of ether oxygens (including phenoxy) is 1. The number of benzene rings is 1. The van der Waals surface area contributed by atoms with Crippen LogP contribution in [0.25, 0.3) is 0 Å². The van der Waals surface area contributed by atoms with Crippen molar-refractivity contribution in [2.45, 2.75) is 82.4 Å². The molecule has 3 nitrogen and oxygen atoms in total. The van der Waals surface area contributed by atoms with Crippen molar-refractivity contribution in [1.82, 2.24) is 4.90 Å². The highest BCUT2D eigenvalue weighted by molar-refractivity contribution is 5.74. The minimum absolute atomic E-state index is 0.0537. The van der Waals surface area contributed by atoms with Crippen LogP contribution in [0.4, 0.5) is 0 Å². The highest BCUT2D eigenvalue weighted by Crippen LogP contribution is 2.40. The quantitative estimate of drug-likeness (QED) is 0.754. The van der Waals surface area contributed by atoms with Gasteiger partial charge < -0.3 is 4.74 Å². The van der Waals surface area contributed by atoms with Gasteiger partial charge in [0.15, 0.2) is 0 Å². The van der Waals surface area contributed by atoms with Crippen LogP contribution < -0.4 is 0 Å². The zero-order valence-electron chi connectivity index (χ0n) is 15.4. The molecule has 2 bridgehead atoms. The molecule has 2 aliphatic heterocycles. The molecule has 1 aliphatic carbocycles. The van der Waals surface area contributed by atoms with E-state index in [1.54, 1.807) is 0 Å². The fourth-order valence-corrected chi connectivity index (χ4v) is 5.60. The molecule has 136 valence electrons. The van der Waals surface area contributed by atoms with Gasteiger partial charge in [0, 0.05) is 24.9 Å². The number of esters is 1. The highest BCUT2D eigenvalue weighted by atomic mass is 16.5. The van der Waals surface area contributed by atoms with Crippen LogP contribution in [0.1, 0.15) is 69.8 Å². The Kier molecular flexibility index (Phi) is 5.12. The first kappa shape index (κ1) is 17.1.